The van der Waals surface area contributed by atoms with Crippen LogP contribution in [0, 0.1) is 0 Å². The predicted molar refractivity (Wildman–Crippen MR) is 36.9 cm³/mol. The van der Waals surface area contributed by atoms with Crippen LogP contribution in [0.4, 0.5) is 4.39 Å². The van der Waals surface area contributed by atoms with Crippen LogP contribution in [0.2, 0.25) is 0 Å². The van der Waals surface area contributed by atoms with Crippen LogP contribution >= 0.6 is 0 Å². The summed E-state index contributed by atoms with van der Waals surface area (Å²) < 4.78 is 12.8. The first-order valence-corrected chi connectivity index (χ1v) is 3.60. The summed E-state index contributed by atoms with van der Waals surface area (Å²) in [6.45, 7) is -0.926. The lowest BCUT2D eigenvalue weighted by atomic mass is 9.95. The number of halogens is 1. The van der Waals surface area contributed by atoms with Crippen molar-refractivity contribution >= 4 is 0 Å². The Bertz CT molecular complexity index is 166. The molecule has 1 aliphatic rings. The average molecular weight is 181 g/mol. The molecule has 0 aliphatic carbocycles. The number of nitrogens with one attached hydrogen (secondary N) is 1. The van der Waals surface area contributed by atoms with E-state index in [1.165, 1.54) is 0 Å². The van der Waals surface area contributed by atoms with E-state index in [2.05, 4.69) is 5.32 Å². The number of β-amino-alcohol motifs (C(OH)–C–C–N with tert-alkyl or cyclic N) is 1. The Kier molecular flexibility index (Phi) is 2.64. The van der Waals surface area contributed by atoms with Crippen molar-refractivity contribution in [2.45, 2.75) is 24.1 Å². The van der Waals surface area contributed by atoms with Gasteiger partial charge in [0, 0.05) is 0 Å². The maximum Gasteiger partial charge on any atom is 0.248 e. The summed E-state index contributed by atoms with van der Waals surface area (Å²) in [6.07, 6.45) is -3.38. The summed E-state index contributed by atoms with van der Waals surface area (Å²) in [5.41, 5.74) is 0. The molecule has 1 heterocycles. The Hall–Kier alpha value is -0.270. The molecule has 5 nitrogen and oxygen atoms in total. The summed E-state index contributed by atoms with van der Waals surface area (Å²) in [6, 6.07) is -0.795. The number of piperidine rings is 1. The predicted octanol–water partition coefficient (Wildman–Crippen LogP) is -2.67. The fraction of sp³-hybridized carbons (Fsp3) is 1.00. The van der Waals surface area contributed by atoms with E-state index in [-0.39, 0.29) is 0 Å². The minimum Gasteiger partial charge on any atom is -0.395 e. The van der Waals surface area contributed by atoms with Gasteiger partial charge in [-0.2, -0.15) is 0 Å². The highest BCUT2D eigenvalue weighted by Crippen LogP contribution is 2.21. The van der Waals surface area contributed by atoms with Gasteiger partial charge < -0.3 is 25.7 Å². The SMILES string of the molecule is OC[C@H]1NC[C@@](O)(F)[C@@H](O)[C@@H]1O. The average Bonchev–Trinajstić information content (AvgIpc) is 2.01. The quantitative estimate of drug-likeness (QED) is 0.304. The van der Waals surface area contributed by atoms with Crippen molar-refractivity contribution < 1.29 is 24.8 Å². The molecular weight excluding hydrogens is 169 g/mol. The zero-order valence-electron chi connectivity index (χ0n) is 6.31. The van der Waals surface area contributed by atoms with Crippen molar-refractivity contribution in [2.75, 3.05) is 13.2 Å². The van der Waals surface area contributed by atoms with Gasteiger partial charge in [-0.15, -0.1) is 0 Å². The highest BCUT2D eigenvalue weighted by Gasteiger charge is 2.47. The first kappa shape index (κ1) is 9.82. The molecule has 0 radical (unpaired) electrons. The zero-order valence-corrected chi connectivity index (χ0v) is 6.31. The standard InChI is InChI=1S/C6H12FNO4/c7-6(12)2-8-3(1-9)4(10)5(6)11/h3-5,8-12H,1-2H2/t3-,4-,5+,6+/m1/s1. The first-order valence-electron chi connectivity index (χ1n) is 3.60. The summed E-state index contributed by atoms with van der Waals surface area (Å²) in [5, 5.41) is 37.9. The van der Waals surface area contributed by atoms with Gasteiger partial charge in [0.05, 0.1) is 19.2 Å². The molecule has 0 aromatic rings. The van der Waals surface area contributed by atoms with Crippen LogP contribution in [0.25, 0.3) is 0 Å². The molecule has 1 fully saturated rings. The van der Waals surface area contributed by atoms with Crippen LogP contribution in [-0.2, 0) is 0 Å². The maximum absolute atomic E-state index is 12.8. The number of alkyl halides is 1. The molecule has 0 spiro atoms. The Morgan fingerprint density at radius 3 is 2.58 bits per heavy atom. The van der Waals surface area contributed by atoms with Gasteiger partial charge in [0.2, 0.25) is 5.85 Å². The van der Waals surface area contributed by atoms with Gasteiger partial charge in [0.15, 0.2) is 0 Å². The fourth-order valence-electron chi connectivity index (χ4n) is 1.15. The largest absolute Gasteiger partial charge is 0.395 e. The van der Waals surface area contributed by atoms with E-state index in [0.717, 1.165) is 0 Å². The molecule has 4 atom stereocenters. The van der Waals surface area contributed by atoms with Gasteiger partial charge in [-0.3, -0.25) is 0 Å². The van der Waals surface area contributed by atoms with Crippen LogP contribution in [0.15, 0.2) is 0 Å². The van der Waals surface area contributed by atoms with Gasteiger partial charge in [-0.05, 0) is 0 Å². The van der Waals surface area contributed by atoms with Crippen molar-refractivity contribution in [1.29, 1.82) is 0 Å². The lowest BCUT2D eigenvalue weighted by Crippen LogP contribution is -2.65. The van der Waals surface area contributed by atoms with Crippen molar-refractivity contribution in [2.24, 2.45) is 0 Å². The molecule has 0 saturated carbocycles. The molecule has 1 rings (SSSR count). The third-order valence-electron chi connectivity index (χ3n) is 2.00. The highest BCUT2D eigenvalue weighted by atomic mass is 19.2. The molecule has 5 N–H and O–H groups in total. The topological polar surface area (TPSA) is 93.0 Å². The Labute approximate surface area is 68.5 Å². The molecule has 12 heavy (non-hydrogen) atoms. The number of aliphatic hydroxyl groups is 4. The smallest absolute Gasteiger partial charge is 0.248 e. The van der Waals surface area contributed by atoms with Crippen LogP contribution in [0.1, 0.15) is 0 Å². The second-order valence-electron chi connectivity index (χ2n) is 2.92. The number of hydrogen-bond donors (Lipinski definition) is 5. The molecular formula is C6H12FNO4. The third kappa shape index (κ3) is 1.57. The molecule has 72 valence electrons. The monoisotopic (exact) mass is 181 g/mol. The molecule has 6 heteroatoms. The molecule has 0 unspecified atom stereocenters. The van der Waals surface area contributed by atoms with Crippen LogP contribution in [0.3, 0.4) is 0 Å². The summed E-state index contributed by atoms with van der Waals surface area (Å²) >= 11 is 0. The van der Waals surface area contributed by atoms with Gasteiger partial charge in [-0.25, -0.2) is 4.39 Å². The normalized spacial score (nSPS) is 49.2. The maximum atomic E-state index is 12.8. The lowest BCUT2D eigenvalue weighted by molar-refractivity contribution is -0.222. The lowest BCUT2D eigenvalue weighted by Gasteiger charge is -2.38. The highest BCUT2D eigenvalue weighted by molar-refractivity contribution is 4.95. The Morgan fingerprint density at radius 1 is 1.50 bits per heavy atom. The Morgan fingerprint density at radius 2 is 2.08 bits per heavy atom. The van der Waals surface area contributed by atoms with E-state index < -0.39 is 37.3 Å². The minimum absolute atomic E-state index is 0.422. The number of aliphatic hydroxyl groups excluding tert-OH is 3. The van der Waals surface area contributed by atoms with E-state index in [0.29, 0.717) is 0 Å². The third-order valence-corrected chi connectivity index (χ3v) is 2.00. The van der Waals surface area contributed by atoms with Crippen LogP contribution < -0.4 is 5.32 Å². The van der Waals surface area contributed by atoms with Crippen molar-refractivity contribution in [3.63, 3.8) is 0 Å². The Balaban J connectivity index is 2.65. The van der Waals surface area contributed by atoms with Crippen molar-refractivity contribution in [1.82, 2.24) is 5.32 Å². The fourth-order valence-corrected chi connectivity index (χ4v) is 1.15. The molecule has 0 aromatic carbocycles. The second-order valence-corrected chi connectivity index (χ2v) is 2.92. The number of rotatable bonds is 1. The minimum atomic E-state index is -2.83. The van der Waals surface area contributed by atoms with E-state index in [4.69, 9.17) is 20.4 Å². The van der Waals surface area contributed by atoms with Gasteiger partial charge in [-0.1, -0.05) is 0 Å². The van der Waals surface area contributed by atoms with E-state index in [1.807, 2.05) is 0 Å². The summed E-state index contributed by atoms with van der Waals surface area (Å²) in [5.74, 6) is -2.83. The zero-order chi connectivity index (χ0) is 9.35. The van der Waals surface area contributed by atoms with Crippen molar-refractivity contribution in [3.05, 3.63) is 0 Å². The van der Waals surface area contributed by atoms with E-state index in [1.54, 1.807) is 0 Å². The number of hydrogen-bond acceptors (Lipinski definition) is 5. The van der Waals surface area contributed by atoms with E-state index >= 15 is 0 Å². The van der Waals surface area contributed by atoms with Gasteiger partial charge in [0.25, 0.3) is 0 Å². The molecule has 0 amide bonds. The first-order chi connectivity index (χ1) is 5.49. The van der Waals surface area contributed by atoms with Gasteiger partial charge in [0.1, 0.15) is 12.2 Å². The van der Waals surface area contributed by atoms with Gasteiger partial charge >= 0.3 is 0 Å². The van der Waals surface area contributed by atoms with Crippen molar-refractivity contribution in [3.8, 4) is 0 Å². The molecule has 1 aliphatic heterocycles. The summed E-state index contributed by atoms with van der Waals surface area (Å²) in [7, 11) is 0. The van der Waals surface area contributed by atoms with Crippen LogP contribution in [0.5, 0.6) is 0 Å². The molecule has 0 aromatic heterocycles. The van der Waals surface area contributed by atoms with Crippen LogP contribution in [-0.4, -0.2) is 57.7 Å². The van der Waals surface area contributed by atoms with E-state index in [9.17, 15) is 4.39 Å². The summed E-state index contributed by atoms with van der Waals surface area (Å²) in [4.78, 5) is 0. The molecule has 0 bridgehead atoms. The second kappa shape index (κ2) is 3.23. The molecule has 1 saturated heterocycles.